The van der Waals surface area contributed by atoms with Crippen molar-refractivity contribution < 1.29 is 0 Å². The number of aryl methyl sites for hydroxylation is 1. The summed E-state index contributed by atoms with van der Waals surface area (Å²) in [5.74, 6) is 0.749. The SMILES string of the molecule is Cc1ccccc1NC(=S)NNC(=S)N[C@H](C)CCCC(C)C. The number of hydrogen-bond acceptors (Lipinski definition) is 2. The molecule has 23 heavy (non-hydrogen) atoms. The van der Waals surface area contributed by atoms with Crippen molar-refractivity contribution >= 4 is 40.3 Å². The highest BCUT2D eigenvalue weighted by molar-refractivity contribution is 7.80. The van der Waals surface area contributed by atoms with E-state index in [0.717, 1.165) is 23.6 Å². The average Bonchev–Trinajstić information content (AvgIpc) is 2.47. The van der Waals surface area contributed by atoms with Gasteiger partial charge in [0, 0.05) is 11.7 Å². The van der Waals surface area contributed by atoms with Gasteiger partial charge in [-0.1, -0.05) is 44.9 Å². The first-order chi connectivity index (χ1) is 10.9. The molecular formula is C17H28N4S2. The van der Waals surface area contributed by atoms with Crippen molar-refractivity contribution in [2.75, 3.05) is 5.32 Å². The van der Waals surface area contributed by atoms with Crippen molar-refractivity contribution in [2.45, 2.75) is 53.0 Å². The molecule has 6 heteroatoms. The van der Waals surface area contributed by atoms with Gasteiger partial charge in [-0.15, -0.1) is 0 Å². The third kappa shape index (κ3) is 8.71. The zero-order chi connectivity index (χ0) is 17.2. The molecule has 0 bridgehead atoms. The molecule has 0 aliphatic carbocycles. The van der Waals surface area contributed by atoms with Crippen molar-refractivity contribution in [1.82, 2.24) is 16.2 Å². The molecule has 1 aromatic carbocycles. The first-order valence-corrected chi connectivity index (χ1v) is 8.89. The fourth-order valence-electron chi connectivity index (χ4n) is 2.14. The summed E-state index contributed by atoms with van der Waals surface area (Å²) in [6.45, 7) is 8.66. The summed E-state index contributed by atoms with van der Waals surface area (Å²) in [5.41, 5.74) is 7.94. The zero-order valence-corrected chi connectivity index (χ0v) is 16.0. The van der Waals surface area contributed by atoms with Gasteiger partial charge in [-0.05, 0) is 62.3 Å². The van der Waals surface area contributed by atoms with Gasteiger partial charge in [0.1, 0.15) is 0 Å². The highest BCUT2D eigenvalue weighted by Crippen LogP contribution is 2.12. The summed E-state index contributed by atoms with van der Waals surface area (Å²) in [6, 6.07) is 8.32. The number of thiocarbonyl (C=S) groups is 2. The van der Waals surface area contributed by atoms with Crippen LogP contribution in [0.3, 0.4) is 0 Å². The summed E-state index contributed by atoms with van der Waals surface area (Å²) < 4.78 is 0. The molecule has 1 aromatic rings. The molecule has 0 aromatic heterocycles. The number of nitrogens with one attached hydrogen (secondary N) is 4. The molecule has 0 radical (unpaired) electrons. The Balaban J connectivity index is 2.24. The van der Waals surface area contributed by atoms with E-state index in [2.05, 4.69) is 42.3 Å². The molecule has 0 heterocycles. The maximum atomic E-state index is 5.27. The van der Waals surface area contributed by atoms with E-state index in [1.807, 2.05) is 31.2 Å². The molecule has 0 spiro atoms. The number of para-hydroxylation sites is 1. The van der Waals surface area contributed by atoms with Crippen LogP contribution in [-0.2, 0) is 0 Å². The normalized spacial score (nSPS) is 11.7. The number of benzene rings is 1. The fourth-order valence-corrected chi connectivity index (χ4v) is 2.56. The highest BCUT2D eigenvalue weighted by atomic mass is 32.1. The van der Waals surface area contributed by atoms with E-state index in [4.69, 9.17) is 24.4 Å². The van der Waals surface area contributed by atoms with Gasteiger partial charge in [0.15, 0.2) is 10.2 Å². The predicted octanol–water partition coefficient (Wildman–Crippen LogP) is 3.88. The summed E-state index contributed by atoms with van der Waals surface area (Å²) in [5, 5.41) is 7.42. The molecule has 0 aliphatic heterocycles. The Kier molecular flexibility index (Phi) is 8.87. The second-order valence-corrected chi connectivity index (χ2v) is 7.03. The maximum Gasteiger partial charge on any atom is 0.189 e. The van der Waals surface area contributed by atoms with E-state index in [-0.39, 0.29) is 0 Å². The first kappa shape index (κ1) is 19.6. The van der Waals surface area contributed by atoms with Crippen LogP contribution in [-0.4, -0.2) is 16.3 Å². The van der Waals surface area contributed by atoms with Crippen LogP contribution >= 0.6 is 24.4 Å². The summed E-state index contributed by atoms with van der Waals surface area (Å²) >= 11 is 10.5. The monoisotopic (exact) mass is 352 g/mol. The minimum absolute atomic E-state index is 0.341. The highest BCUT2D eigenvalue weighted by Gasteiger charge is 2.05. The lowest BCUT2D eigenvalue weighted by Gasteiger charge is -2.19. The lowest BCUT2D eigenvalue weighted by molar-refractivity contribution is 0.492. The molecule has 128 valence electrons. The lowest BCUT2D eigenvalue weighted by Crippen LogP contribution is -2.50. The predicted molar refractivity (Wildman–Crippen MR) is 108 cm³/mol. The van der Waals surface area contributed by atoms with Gasteiger partial charge in [-0.25, -0.2) is 0 Å². The van der Waals surface area contributed by atoms with Crippen molar-refractivity contribution in [3.05, 3.63) is 29.8 Å². The molecule has 4 nitrogen and oxygen atoms in total. The summed E-state index contributed by atoms with van der Waals surface area (Å²) in [4.78, 5) is 0. The molecule has 0 amide bonds. The molecule has 4 N–H and O–H groups in total. The Hall–Kier alpha value is -1.40. The summed E-state index contributed by atoms with van der Waals surface area (Å²) in [6.07, 6.45) is 3.55. The minimum atomic E-state index is 0.341. The fraction of sp³-hybridized carbons (Fsp3) is 0.529. The Labute approximate surface area is 150 Å². The first-order valence-electron chi connectivity index (χ1n) is 8.07. The molecule has 0 saturated heterocycles. The second-order valence-electron chi connectivity index (χ2n) is 6.22. The van der Waals surface area contributed by atoms with Crippen LogP contribution in [0.5, 0.6) is 0 Å². The average molecular weight is 353 g/mol. The van der Waals surface area contributed by atoms with Gasteiger partial charge in [0.2, 0.25) is 0 Å². The Morgan fingerprint density at radius 1 is 1.00 bits per heavy atom. The second kappa shape index (κ2) is 10.4. The van der Waals surface area contributed by atoms with Crippen molar-refractivity contribution in [2.24, 2.45) is 5.92 Å². The van der Waals surface area contributed by atoms with Crippen LogP contribution in [0.1, 0.15) is 45.6 Å². The van der Waals surface area contributed by atoms with Crippen LogP contribution in [0.25, 0.3) is 0 Å². The molecule has 0 unspecified atom stereocenters. The Morgan fingerprint density at radius 3 is 2.30 bits per heavy atom. The zero-order valence-electron chi connectivity index (χ0n) is 14.4. The van der Waals surface area contributed by atoms with Gasteiger partial charge in [-0.3, -0.25) is 10.9 Å². The Bertz CT molecular complexity index is 517. The van der Waals surface area contributed by atoms with Crippen LogP contribution in [0.2, 0.25) is 0 Å². The van der Waals surface area contributed by atoms with E-state index in [0.29, 0.717) is 16.3 Å². The van der Waals surface area contributed by atoms with Gasteiger partial charge in [-0.2, -0.15) is 0 Å². The van der Waals surface area contributed by atoms with E-state index in [1.165, 1.54) is 12.8 Å². The van der Waals surface area contributed by atoms with E-state index in [9.17, 15) is 0 Å². The summed E-state index contributed by atoms with van der Waals surface area (Å²) in [7, 11) is 0. The lowest BCUT2D eigenvalue weighted by atomic mass is 10.0. The van der Waals surface area contributed by atoms with Crippen molar-refractivity contribution in [3.63, 3.8) is 0 Å². The van der Waals surface area contributed by atoms with E-state index >= 15 is 0 Å². The maximum absolute atomic E-state index is 5.27. The third-order valence-corrected chi connectivity index (χ3v) is 3.90. The van der Waals surface area contributed by atoms with E-state index in [1.54, 1.807) is 0 Å². The quantitative estimate of drug-likeness (QED) is 0.460. The standard InChI is InChI=1S/C17H28N4S2/c1-12(2)8-7-10-14(4)18-16(22)20-21-17(23)19-15-11-6-5-9-13(15)3/h5-6,9,11-12,14H,7-8,10H2,1-4H3,(H2,18,20,22)(H2,19,21,23)/t14-/m1/s1. The van der Waals surface area contributed by atoms with Crippen LogP contribution < -0.4 is 21.5 Å². The van der Waals surface area contributed by atoms with Gasteiger partial charge >= 0.3 is 0 Å². The van der Waals surface area contributed by atoms with Crippen LogP contribution in [0.15, 0.2) is 24.3 Å². The third-order valence-electron chi connectivity index (χ3n) is 3.48. The number of anilines is 1. The van der Waals surface area contributed by atoms with Gasteiger partial charge in [0.25, 0.3) is 0 Å². The molecule has 0 fully saturated rings. The molecular weight excluding hydrogens is 324 g/mol. The van der Waals surface area contributed by atoms with Crippen LogP contribution in [0, 0.1) is 12.8 Å². The number of hydrazine groups is 1. The van der Waals surface area contributed by atoms with Gasteiger partial charge < -0.3 is 10.6 Å². The molecule has 0 aliphatic rings. The largest absolute Gasteiger partial charge is 0.359 e. The van der Waals surface area contributed by atoms with E-state index < -0.39 is 0 Å². The number of rotatable bonds is 6. The topological polar surface area (TPSA) is 48.1 Å². The number of hydrogen-bond donors (Lipinski definition) is 4. The van der Waals surface area contributed by atoms with Crippen molar-refractivity contribution in [3.8, 4) is 0 Å². The van der Waals surface area contributed by atoms with Crippen LogP contribution in [0.4, 0.5) is 5.69 Å². The van der Waals surface area contributed by atoms with Gasteiger partial charge in [0.05, 0.1) is 0 Å². The molecule has 1 rings (SSSR count). The molecule has 1 atom stereocenters. The molecule has 0 saturated carbocycles. The Morgan fingerprint density at radius 2 is 1.65 bits per heavy atom. The smallest absolute Gasteiger partial charge is 0.189 e. The minimum Gasteiger partial charge on any atom is -0.359 e. The van der Waals surface area contributed by atoms with Crippen molar-refractivity contribution in [1.29, 1.82) is 0 Å².